The summed E-state index contributed by atoms with van der Waals surface area (Å²) >= 11 is 13.4. The largest absolute Gasteiger partial charge is 0.399 e. The summed E-state index contributed by atoms with van der Waals surface area (Å²) in [6, 6.07) is 4.82. The standard InChI is InChI=1S/C12H9Cl2NOS/c1-6-5-17-12(10(6)14)11(16)8-3-2-7(15)4-9(8)13/h2-5H,15H2,1H3. The first-order valence-electron chi connectivity index (χ1n) is 4.84. The quantitative estimate of drug-likeness (QED) is 0.665. The number of nitrogen functional groups attached to an aromatic ring is 1. The van der Waals surface area contributed by atoms with Gasteiger partial charge in [0.15, 0.2) is 0 Å². The summed E-state index contributed by atoms with van der Waals surface area (Å²) in [6.07, 6.45) is 0. The molecule has 0 amide bonds. The lowest BCUT2D eigenvalue weighted by Crippen LogP contribution is -2.01. The van der Waals surface area contributed by atoms with Crippen LogP contribution in [0.2, 0.25) is 10.0 Å². The Kier molecular flexibility index (Phi) is 3.43. The number of carbonyl (C=O) groups excluding carboxylic acids is 1. The lowest BCUT2D eigenvalue weighted by atomic mass is 10.1. The zero-order valence-electron chi connectivity index (χ0n) is 8.96. The Morgan fingerprint density at radius 3 is 2.59 bits per heavy atom. The van der Waals surface area contributed by atoms with Crippen molar-refractivity contribution < 1.29 is 4.79 Å². The Hall–Kier alpha value is -1.03. The van der Waals surface area contributed by atoms with Gasteiger partial charge < -0.3 is 5.73 Å². The molecule has 2 rings (SSSR count). The van der Waals surface area contributed by atoms with Crippen molar-refractivity contribution in [3.63, 3.8) is 0 Å². The molecule has 2 N–H and O–H groups in total. The highest BCUT2D eigenvalue weighted by molar-refractivity contribution is 7.13. The van der Waals surface area contributed by atoms with Gasteiger partial charge in [-0.05, 0) is 36.1 Å². The van der Waals surface area contributed by atoms with Gasteiger partial charge in [-0.25, -0.2) is 0 Å². The van der Waals surface area contributed by atoms with Crippen LogP contribution in [-0.2, 0) is 0 Å². The molecule has 0 aliphatic rings. The van der Waals surface area contributed by atoms with Gasteiger partial charge in [0.1, 0.15) is 0 Å². The first-order valence-corrected chi connectivity index (χ1v) is 6.47. The van der Waals surface area contributed by atoms with E-state index >= 15 is 0 Å². The fourth-order valence-electron chi connectivity index (χ4n) is 1.42. The fourth-order valence-corrected chi connectivity index (χ4v) is 2.93. The molecule has 0 atom stereocenters. The average molecular weight is 286 g/mol. The third kappa shape index (κ3) is 2.32. The first-order chi connectivity index (χ1) is 8.00. The van der Waals surface area contributed by atoms with Gasteiger partial charge in [-0.1, -0.05) is 23.2 Å². The van der Waals surface area contributed by atoms with E-state index in [2.05, 4.69) is 0 Å². The van der Waals surface area contributed by atoms with Gasteiger partial charge in [-0.2, -0.15) is 0 Å². The highest BCUT2D eigenvalue weighted by Gasteiger charge is 2.18. The lowest BCUT2D eigenvalue weighted by molar-refractivity contribution is 0.104. The predicted octanol–water partition coefficient (Wildman–Crippen LogP) is 4.18. The van der Waals surface area contributed by atoms with Crippen molar-refractivity contribution in [2.45, 2.75) is 6.92 Å². The fraction of sp³-hybridized carbons (Fsp3) is 0.0833. The molecule has 0 fully saturated rings. The topological polar surface area (TPSA) is 43.1 Å². The number of hydrogen-bond donors (Lipinski definition) is 1. The van der Waals surface area contributed by atoms with Crippen LogP contribution in [0.25, 0.3) is 0 Å². The zero-order chi connectivity index (χ0) is 12.6. The molecule has 0 unspecified atom stereocenters. The molecule has 2 aromatic rings. The molecular weight excluding hydrogens is 277 g/mol. The second-order valence-corrected chi connectivity index (χ2v) is 5.30. The first kappa shape index (κ1) is 12.4. The van der Waals surface area contributed by atoms with E-state index in [0.717, 1.165) is 5.56 Å². The van der Waals surface area contributed by atoms with Crippen LogP contribution >= 0.6 is 34.5 Å². The Bertz CT molecular complexity index is 592. The number of thiophene rings is 1. The number of aryl methyl sites for hydroxylation is 1. The predicted molar refractivity (Wildman–Crippen MR) is 73.4 cm³/mol. The van der Waals surface area contributed by atoms with Crippen LogP contribution in [-0.4, -0.2) is 5.78 Å². The van der Waals surface area contributed by atoms with Crippen molar-refractivity contribution in [1.29, 1.82) is 0 Å². The van der Waals surface area contributed by atoms with Crippen LogP contribution in [0.15, 0.2) is 23.6 Å². The normalized spacial score (nSPS) is 10.5. The lowest BCUT2D eigenvalue weighted by Gasteiger charge is -2.03. The van der Waals surface area contributed by atoms with Gasteiger partial charge in [0.05, 0.1) is 14.9 Å². The van der Waals surface area contributed by atoms with Gasteiger partial charge >= 0.3 is 0 Å². The number of rotatable bonds is 2. The number of benzene rings is 1. The number of ketones is 1. The van der Waals surface area contributed by atoms with E-state index in [9.17, 15) is 4.79 Å². The number of hydrogen-bond acceptors (Lipinski definition) is 3. The SMILES string of the molecule is Cc1csc(C(=O)c2ccc(N)cc2Cl)c1Cl. The van der Waals surface area contributed by atoms with Crippen LogP contribution in [0, 0.1) is 6.92 Å². The van der Waals surface area contributed by atoms with Gasteiger partial charge in [0.25, 0.3) is 0 Å². The van der Waals surface area contributed by atoms with Crippen LogP contribution in [0.5, 0.6) is 0 Å². The second-order valence-electron chi connectivity index (χ2n) is 3.63. The van der Waals surface area contributed by atoms with Crippen molar-refractivity contribution in [2.24, 2.45) is 0 Å². The summed E-state index contributed by atoms with van der Waals surface area (Å²) in [5, 5.41) is 2.69. The zero-order valence-corrected chi connectivity index (χ0v) is 11.3. The van der Waals surface area contributed by atoms with Gasteiger partial charge in [-0.3, -0.25) is 4.79 Å². The number of halogens is 2. The van der Waals surface area contributed by atoms with Crippen molar-refractivity contribution in [3.05, 3.63) is 49.6 Å². The molecule has 1 aromatic carbocycles. The van der Waals surface area contributed by atoms with E-state index in [-0.39, 0.29) is 5.78 Å². The molecule has 0 aliphatic carbocycles. The highest BCUT2D eigenvalue weighted by atomic mass is 35.5. The Balaban J connectivity index is 2.47. The molecule has 1 heterocycles. The smallest absolute Gasteiger partial charge is 0.205 e. The molecule has 2 nitrogen and oxygen atoms in total. The molecule has 0 bridgehead atoms. The van der Waals surface area contributed by atoms with Gasteiger partial charge in [0.2, 0.25) is 5.78 Å². The van der Waals surface area contributed by atoms with Crippen molar-refractivity contribution in [2.75, 3.05) is 5.73 Å². The van der Waals surface area contributed by atoms with E-state index in [1.165, 1.54) is 11.3 Å². The van der Waals surface area contributed by atoms with Crippen LogP contribution in [0.3, 0.4) is 0 Å². The second kappa shape index (κ2) is 4.69. The van der Waals surface area contributed by atoms with Gasteiger partial charge in [0, 0.05) is 11.3 Å². The number of nitrogens with two attached hydrogens (primary N) is 1. The molecule has 0 saturated heterocycles. The van der Waals surface area contributed by atoms with Crippen molar-refractivity contribution in [1.82, 2.24) is 0 Å². The number of anilines is 1. The van der Waals surface area contributed by atoms with Crippen LogP contribution in [0.1, 0.15) is 20.8 Å². The van der Waals surface area contributed by atoms with Crippen LogP contribution in [0.4, 0.5) is 5.69 Å². The van der Waals surface area contributed by atoms with E-state index < -0.39 is 0 Å². The monoisotopic (exact) mass is 285 g/mol. The van der Waals surface area contributed by atoms with Crippen molar-refractivity contribution in [3.8, 4) is 0 Å². The Morgan fingerprint density at radius 1 is 1.35 bits per heavy atom. The van der Waals surface area contributed by atoms with Gasteiger partial charge in [-0.15, -0.1) is 11.3 Å². The molecule has 0 radical (unpaired) electrons. The minimum Gasteiger partial charge on any atom is -0.399 e. The molecule has 88 valence electrons. The third-order valence-corrected chi connectivity index (χ3v) is 4.35. The van der Waals surface area contributed by atoms with E-state index in [0.29, 0.717) is 26.2 Å². The summed E-state index contributed by atoms with van der Waals surface area (Å²) in [5.74, 6) is -0.168. The minimum atomic E-state index is -0.168. The Morgan fingerprint density at radius 2 is 2.06 bits per heavy atom. The summed E-state index contributed by atoms with van der Waals surface area (Å²) in [5.41, 5.74) is 7.42. The maximum atomic E-state index is 12.2. The molecule has 0 aliphatic heterocycles. The van der Waals surface area contributed by atoms with Crippen molar-refractivity contribution >= 4 is 46.0 Å². The molecule has 0 saturated carbocycles. The third-order valence-electron chi connectivity index (χ3n) is 2.34. The number of carbonyl (C=O) groups is 1. The maximum Gasteiger partial charge on any atom is 0.205 e. The van der Waals surface area contributed by atoms with E-state index in [4.69, 9.17) is 28.9 Å². The molecule has 1 aromatic heterocycles. The average Bonchev–Trinajstić information content (AvgIpc) is 2.59. The molecule has 17 heavy (non-hydrogen) atoms. The Labute approximate surface area is 113 Å². The molecular formula is C12H9Cl2NOS. The minimum absolute atomic E-state index is 0.168. The highest BCUT2D eigenvalue weighted by Crippen LogP contribution is 2.31. The van der Waals surface area contributed by atoms with Crippen LogP contribution < -0.4 is 5.73 Å². The van der Waals surface area contributed by atoms with E-state index in [1.54, 1.807) is 18.2 Å². The summed E-state index contributed by atoms with van der Waals surface area (Å²) in [4.78, 5) is 12.7. The summed E-state index contributed by atoms with van der Waals surface area (Å²) < 4.78 is 0. The molecule has 0 spiro atoms. The molecule has 5 heteroatoms. The van der Waals surface area contributed by atoms with E-state index in [1.807, 2.05) is 12.3 Å². The maximum absolute atomic E-state index is 12.2. The summed E-state index contributed by atoms with van der Waals surface area (Å²) in [7, 11) is 0. The summed E-state index contributed by atoms with van der Waals surface area (Å²) in [6.45, 7) is 1.86.